The molecule has 0 radical (unpaired) electrons. The number of benzene rings is 2. The number of ether oxygens (including phenoxy) is 1. The Kier molecular flexibility index (Phi) is 4.89. The van der Waals surface area contributed by atoms with Crippen LogP contribution in [0.3, 0.4) is 0 Å². The molecule has 1 heterocycles. The van der Waals surface area contributed by atoms with E-state index in [0.717, 1.165) is 10.8 Å². The van der Waals surface area contributed by atoms with Crippen molar-refractivity contribution in [3.8, 4) is 5.75 Å². The summed E-state index contributed by atoms with van der Waals surface area (Å²) in [6.07, 6.45) is 2.21. The Balaban J connectivity index is 1.57. The molecule has 0 spiro atoms. The molecule has 0 fully saturated rings. The highest BCUT2D eigenvalue weighted by Gasteiger charge is 2.16. The van der Waals surface area contributed by atoms with E-state index in [2.05, 4.69) is 15.8 Å². The van der Waals surface area contributed by atoms with Crippen LogP contribution in [0, 0.1) is 0 Å². The summed E-state index contributed by atoms with van der Waals surface area (Å²) < 4.78 is 5.65. The summed E-state index contributed by atoms with van der Waals surface area (Å²) >= 11 is 0. The molecule has 0 saturated carbocycles. The number of aromatic nitrogens is 1. The highest BCUT2D eigenvalue weighted by Crippen LogP contribution is 2.21. The van der Waals surface area contributed by atoms with Crippen molar-refractivity contribution in [2.24, 2.45) is 0 Å². The smallest absolute Gasteiger partial charge is 0.279 e. The zero-order chi connectivity index (χ0) is 17.6. The zero-order valence-electron chi connectivity index (χ0n) is 13.6. The summed E-state index contributed by atoms with van der Waals surface area (Å²) in [6.45, 7) is 1.61. The molecule has 0 aliphatic rings. The molecule has 6 nitrogen and oxygen atoms in total. The molecule has 2 aromatic carbocycles. The Hall–Kier alpha value is -3.41. The number of hydrazine groups is 1. The van der Waals surface area contributed by atoms with Crippen LogP contribution < -0.4 is 15.6 Å². The van der Waals surface area contributed by atoms with E-state index in [0.29, 0.717) is 11.3 Å². The van der Waals surface area contributed by atoms with Gasteiger partial charge in [-0.3, -0.25) is 25.4 Å². The van der Waals surface area contributed by atoms with Crippen molar-refractivity contribution >= 4 is 22.6 Å². The Bertz CT molecular complexity index is 897. The van der Waals surface area contributed by atoms with Gasteiger partial charge in [0.15, 0.2) is 6.10 Å². The SMILES string of the molecule is CC(Oc1ccc2ccccc2c1)C(=O)NNC(=O)c1cccnc1. The van der Waals surface area contributed by atoms with Gasteiger partial charge < -0.3 is 4.74 Å². The van der Waals surface area contributed by atoms with E-state index in [4.69, 9.17) is 4.74 Å². The average molecular weight is 335 g/mol. The maximum absolute atomic E-state index is 12.1. The van der Waals surface area contributed by atoms with Gasteiger partial charge in [0, 0.05) is 12.4 Å². The number of amides is 2. The Morgan fingerprint density at radius 1 is 1.00 bits per heavy atom. The third-order valence-electron chi connectivity index (χ3n) is 3.63. The van der Waals surface area contributed by atoms with Gasteiger partial charge in [-0.1, -0.05) is 30.3 Å². The summed E-state index contributed by atoms with van der Waals surface area (Å²) in [7, 11) is 0. The number of carbonyl (C=O) groups excluding carboxylic acids is 2. The van der Waals surface area contributed by atoms with Crippen molar-refractivity contribution in [2.75, 3.05) is 0 Å². The lowest BCUT2D eigenvalue weighted by Crippen LogP contribution is -2.47. The predicted molar refractivity (Wildman–Crippen MR) is 93.9 cm³/mol. The Labute approximate surface area is 144 Å². The van der Waals surface area contributed by atoms with Gasteiger partial charge in [-0.05, 0) is 42.0 Å². The average Bonchev–Trinajstić information content (AvgIpc) is 2.66. The molecule has 2 N–H and O–H groups in total. The van der Waals surface area contributed by atoms with Crippen molar-refractivity contribution in [3.05, 3.63) is 72.6 Å². The summed E-state index contributed by atoms with van der Waals surface area (Å²) in [4.78, 5) is 27.8. The van der Waals surface area contributed by atoms with E-state index in [9.17, 15) is 9.59 Å². The molecule has 3 rings (SSSR count). The van der Waals surface area contributed by atoms with Crippen LogP contribution in [0.5, 0.6) is 5.75 Å². The van der Waals surface area contributed by atoms with Gasteiger partial charge in [0.1, 0.15) is 5.75 Å². The second-order valence-electron chi connectivity index (χ2n) is 5.45. The number of hydrogen-bond donors (Lipinski definition) is 2. The topological polar surface area (TPSA) is 80.3 Å². The second kappa shape index (κ2) is 7.44. The maximum Gasteiger partial charge on any atom is 0.279 e. The lowest BCUT2D eigenvalue weighted by molar-refractivity contribution is -0.128. The number of fused-ring (bicyclic) bond motifs is 1. The van der Waals surface area contributed by atoms with Crippen LogP contribution in [-0.2, 0) is 4.79 Å². The third-order valence-corrected chi connectivity index (χ3v) is 3.63. The number of carbonyl (C=O) groups is 2. The van der Waals surface area contributed by atoms with Gasteiger partial charge >= 0.3 is 0 Å². The highest BCUT2D eigenvalue weighted by molar-refractivity contribution is 5.95. The molecule has 25 heavy (non-hydrogen) atoms. The number of rotatable bonds is 4. The van der Waals surface area contributed by atoms with E-state index >= 15 is 0 Å². The van der Waals surface area contributed by atoms with E-state index in [-0.39, 0.29) is 0 Å². The van der Waals surface area contributed by atoms with Crippen molar-refractivity contribution in [2.45, 2.75) is 13.0 Å². The fourth-order valence-corrected chi connectivity index (χ4v) is 2.29. The molecule has 3 aromatic rings. The number of pyridine rings is 1. The first-order valence-corrected chi connectivity index (χ1v) is 7.79. The van der Waals surface area contributed by atoms with Crippen LogP contribution >= 0.6 is 0 Å². The minimum Gasteiger partial charge on any atom is -0.481 e. The Morgan fingerprint density at radius 3 is 2.56 bits per heavy atom. The summed E-state index contributed by atoms with van der Waals surface area (Å²) in [6, 6.07) is 16.7. The van der Waals surface area contributed by atoms with Gasteiger partial charge in [-0.2, -0.15) is 0 Å². The quantitative estimate of drug-likeness (QED) is 0.718. The number of nitrogens with one attached hydrogen (secondary N) is 2. The van der Waals surface area contributed by atoms with Crippen LogP contribution in [0.4, 0.5) is 0 Å². The minimum absolute atomic E-state index is 0.353. The van der Waals surface area contributed by atoms with Crippen LogP contribution in [-0.4, -0.2) is 22.9 Å². The molecule has 1 unspecified atom stereocenters. The normalized spacial score (nSPS) is 11.6. The van der Waals surface area contributed by atoms with E-state index in [1.807, 2.05) is 36.4 Å². The van der Waals surface area contributed by atoms with Crippen molar-refractivity contribution in [3.63, 3.8) is 0 Å². The summed E-state index contributed by atoms with van der Waals surface area (Å²) in [5.41, 5.74) is 5.04. The lowest BCUT2D eigenvalue weighted by Gasteiger charge is -2.15. The molecular weight excluding hydrogens is 318 g/mol. The lowest BCUT2D eigenvalue weighted by atomic mass is 10.1. The molecule has 6 heteroatoms. The second-order valence-corrected chi connectivity index (χ2v) is 5.45. The molecule has 0 saturated heterocycles. The van der Waals surface area contributed by atoms with E-state index < -0.39 is 17.9 Å². The van der Waals surface area contributed by atoms with Gasteiger partial charge in [-0.15, -0.1) is 0 Å². The summed E-state index contributed by atoms with van der Waals surface area (Å²) in [5.74, 6) is -0.315. The molecule has 2 amide bonds. The molecule has 0 aliphatic carbocycles. The minimum atomic E-state index is -0.768. The van der Waals surface area contributed by atoms with Gasteiger partial charge in [0.2, 0.25) is 0 Å². The first-order valence-electron chi connectivity index (χ1n) is 7.79. The van der Waals surface area contributed by atoms with E-state index in [1.54, 1.807) is 31.3 Å². The largest absolute Gasteiger partial charge is 0.481 e. The first kappa shape index (κ1) is 16.4. The van der Waals surface area contributed by atoms with E-state index in [1.165, 1.54) is 6.20 Å². The maximum atomic E-state index is 12.1. The van der Waals surface area contributed by atoms with Crippen molar-refractivity contribution in [1.29, 1.82) is 0 Å². The Morgan fingerprint density at radius 2 is 1.80 bits per heavy atom. The van der Waals surface area contributed by atoms with Crippen LogP contribution in [0.25, 0.3) is 10.8 Å². The molecule has 0 aliphatic heterocycles. The van der Waals surface area contributed by atoms with Gasteiger partial charge in [0.25, 0.3) is 11.8 Å². The van der Waals surface area contributed by atoms with Crippen LogP contribution in [0.2, 0.25) is 0 Å². The molecule has 126 valence electrons. The molecule has 1 atom stereocenters. The molecule has 1 aromatic heterocycles. The predicted octanol–water partition coefficient (Wildman–Crippen LogP) is 2.46. The molecular formula is C19H17N3O3. The molecule has 0 bridgehead atoms. The number of hydrogen-bond acceptors (Lipinski definition) is 4. The monoisotopic (exact) mass is 335 g/mol. The zero-order valence-corrected chi connectivity index (χ0v) is 13.6. The summed E-state index contributed by atoms with van der Waals surface area (Å²) in [5, 5.41) is 2.12. The van der Waals surface area contributed by atoms with Crippen LogP contribution in [0.15, 0.2) is 67.0 Å². The highest BCUT2D eigenvalue weighted by atomic mass is 16.5. The van der Waals surface area contributed by atoms with Crippen molar-refractivity contribution in [1.82, 2.24) is 15.8 Å². The third kappa shape index (κ3) is 4.11. The van der Waals surface area contributed by atoms with Crippen molar-refractivity contribution < 1.29 is 14.3 Å². The van der Waals surface area contributed by atoms with Gasteiger partial charge in [-0.25, -0.2) is 0 Å². The van der Waals surface area contributed by atoms with Gasteiger partial charge in [0.05, 0.1) is 5.56 Å². The first-order chi connectivity index (χ1) is 12.1. The fraction of sp³-hybridized carbons (Fsp3) is 0.105. The standard InChI is InChI=1S/C19H17N3O3/c1-13(18(23)21-22-19(24)16-7-4-10-20-12-16)25-17-9-8-14-5-2-3-6-15(14)11-17/h2-13H,1H3,(H,21,23)(H,22,24). The fourth-order valence-electron chi connectivity index (χ4n) is 2.29. The van der Waals surface area contributed by atoms with Crippen LogP contribution in [0.1, 0.15) is 17.3 Å². The number of nitrogens with zero attached hydrogens (tertiary/aromatic N) is 1.